The molecular formula is C16H14F3N3O3S. The molecule has 138 valence electrons. The van der Waals surface area contributed by atoms with Crippen LogP contribution in [0.25, 0.3) is 0 Å². The van der Waals surface area contributed by atoms with E-state index in [0.717, 1.165) is 24.3 Å². The lowest BCUT2D eigenvalue weighted by Gasteiger charge is -2.34. The van der Waals surface area contributed by atoms with Crippen molar-refractivity contribution in [3.63, 3.8) is 0 Å². The van der Waals surface area contributed by atoms with Crippen molar-refractivity contribution in [2.45, 2.75) is 23.2 Å². The number of halogens is 3. The zero-order valence-electron chi connectivity index (χ0n) is 13.2. The molecule has 2 aromatic carbocycles. The molecule has 0 saturated heterocycles. The lowest BCUT2D eigenvalue weighted by atomic mass is 10.0. The van der Waals surface area contributed by atoms with Crippen molar-refractivity contribution >= 4 is 21.4 Å². The van der Waals surface area contributed by atoms with E-state index < -0.39 is 28.3 Å². The van der Waals surface area contributed by atoms with Gasteiger partial charge in [-0.05, 0) is 29.8 Å². The van der Waals surface area contributed by atoms with Crippen LogP contribution >= 0.6 is 0 Å². The third-order valence-electron chi connectivity index (χ3n) is 3.96. The van der Waals surface area contributed by atoms with E-state index in [1.54, 1.807) is 30.3 Å². The van der Waals surface area contributed by atoms with E-state index in [1.165, 1.54) is 0 Å². The van der Waals surface area contributed by atoms with Crippen LogP contribution in [0.5, 0.6) is 0 Å². The van der Waals surface area contributed by atoms with E-state index in [2.05, 4.69) is 5.10 Å². The predicted molar refractivity (Wildman–Crippen MR) is 88.9 cm³/mol. The minimum absolute atomic E-state index is 0.0564. The van der Waals surface area contributed by atoms with Crippen LogP contribution in [-0.4, -0.2) is 31.1 Å². The molecule has 1 atom stereocenters. The van der Waals surface area contributed by atoms with Gasteiger partial charge in [-0.3, -0.25) is 0 Å². The second-order valence-electron chi connectivity index (χ2n) is 5.75. The van der Waals surface area contributed by atoms with Crippen molar-refractivity contribution < 1.29 is 26.7 Å². The number of alkyl halides is 3. The third-order valence-corrected chi connectivity index (χ3v) is 4.89. The normalized spacial score (nSPS) is 21.0. The second kappa shape index (κ2) is 6.08. The predicted octanol–water partition coefficient (Wildman–Crippen LogP) is 2.20. The molecule has 26 heavy (non-hydrogen) atoms. The number of nitrogens with two attached hydrogens (primary N) is 1. The molecule has 1 aliphatic heterocycles. The first-order chi connectivity index (χ1) is 12.0. The van der Waals surface area contributed by atoms with Crippen LogP contribution in [0.3, 0.4) is 0 Å². The maximum absolute atomic E-state index is 13.6. The zero-order chi connectivity index (χ0) is 19.2. The van der Waals surface area contributed by atoms with Gasteiger partial charge < -0.3 is 5.11 Å². The standard InChI is InChI=1S/C16H14F3N3O3S/c17-16(18,19)15(23)10-14(11-4-2-1-3-5-11)21-22(15)12-6-8-13(9-7-12)26(20,24)25/h1-9,23H,10H2,(H2,20,24,25). The first kappa shape index (κ1) is 18.4. The SMILES string of the molecule is NS(=O)(=O)c1ccc(N2N=C(c3ccccc3)CC2(O)C(F)(F)F)cc1. The fraction of sp³-hybridized carbons (Fsp3) is 0.188. The van der Waals surface area contributed by atoms with Crippen molar-refractivity contribution in [3.05, 3.63) is 60.2 Å². The largest absolute Gasteiger partial charge is 0.438 e. The molecule has 0 aliphatic carbocycles. The average molecular weight is 385 g/mol. The van der Waals surface area contributed by atoms with Crippen LogP contribution in [0, 0.1) is 0 Å². The molecule has 1 aliphatic rings. The summed E-state index contributed by atoms with van der Waals surface area (Å²) < 4.78 is 63.3. The van der Waals surface area contributed by atoms with Crippen LogP contribution < -0.4 is 10.1 Å². The van der Waals surface area contributed by atoms with Gasteiger partial charge in [0.15, 0.2) is 0 Å². The summed E-state index contributed by atoms with van der Waals surface area (Å²) in [5.74, 6) is 0. The molecule has 2 aromatic rings. The molecule has 0 spiro atoms. The Bertz CT molecular complexity index is 944. The molecule has 1 heterocycles. The van der Waals surface area contributed by atoms with E-state index >= 15 is 0 Å². The fourth-order valence-electron chi connectivity index (χ4n) is 2.61. The Labute approximate surface area is 147 Å². The lowest BCUT2D eigenvalue weighted by molar-refractivity contribution is -0.254. The smallest absolute Gasteiger partial charge is 0.362 e. The van der Waals surface area contributed by atoms with Gasteiger partial charge >= 0.3 is 6.18 Å². The Kier molecular flexibility index (Phi) is 4.29. The summed E-state index contributed by atoms with van der Waals surface area (Å²) in [6, 6.07) is 12.5. The zero-order valence-corrected chi connectivity index (χ0v) is 14.0. The molecule has 1 unspecified atom stereocenters. The average Bonchev–Trinajstić information content (AvgIpc) is 2.94. The van der Waals surface area contributed by atoms with Gasteiger partial charge in [0.2, 0.25) is 10.0 Å². The highest BCUT2D eigenvalue weighted by atomic mass is 32.2. The third kappa shape index (κ3) is 3.18. The number of hydrazone groups is 1. The van der Waals surface area contributed by atoms with Gasteiger partial charge in [0.05, 0.1) is 22.7 Å². The van der Waals surface area contributed by atoms with Crippen molar-refractivity contribution in [3.8, 4) is 0 Å². The molecule has 10 heteroatoms. The fourth-order valence-corrected chi connectivity index (χ4v) is 3.12. The van der Waals surface area contributed by atoms with E-state index in [9.17, 15) is 26.7 Å². The Morgan fingerprint density at radius 3 is 2.15 bits per heavy atom. The summed E-state index contributed by atoms with van der Waals surface area (Å²) >= 11 is 0. The van der Waals surface area contributed by atoms with E-state index in [-0.39, 0.29) is 16.3 Å². The van der Waals surface area contributed by atoms with Gasteiger partial charge in [0.25, 0.3) is 5.72 Å². The highest BCUT2D eigenvalue weighted by Crippen LogP contribution is 2.43. The number of anilines is 1. The molecule has 0 saturated carbocycles. The first-order valence-corrected chi connectivity index (χ1v) is 8.92. The maximum Gasteiger partial charge on any atom is 0.438 e. The van der Waals surface area contributed by atoms with Gasteiger partial charge in [-0.15, -0.1) is 0 Å². The van der Waals surface area contributed by atoms with Crippen molar-refractivity contribution in [1.82, 2.24) is 0 Å². The number of nitrogens with zero attached hydrogens (tertiary/aromatic N) is 2. The molecule has 3 N–H and O–H groups in total. The monoisotopic (exact) mass is 385 g/mol. The summed E-state index contributed by atoms with van der Waals surface area (Å²) in [5, 5.41) is 19.7. The minimum Gasteiger partial charge on any atom is -0.362 e. The number of rotatable bonds is 3. The Morgan fingerprint density at radius 1 is 1.08 bits per heavy atom. The number of sulfonamides is 1. The minimum atomic E-state index is -4.99. The van der Waals surface area contributed by atoms with E-state index in [4.69, 9.17) is 5.14 Å². The molecular weight excluding hydrogens is 371 g/mol. The summed E-state index contributed by atoms with van der Waals surface area (Å²) in [6.45, 7) is 0. The number of primary sulfonamides is 1. The molecule has 0 aromatic heterocycles. The number of hydrogen-bond donors (Lipinski definition) is 2. The van der Waals surface area contributed by atoms with Gasteiger partial charge in [-0.25, -0.2) is 18.6 Å². The lowest BCUT2D eigenvalue weighted by Crippen LogP contribution is -2.55. The highest BCUT2D eigenvalue weighted by Gasteiger charge is 2.61. The maximum atomic E-state index is 13.6. The van der Waals surface area contributed by atoms with Crippen LogP contribution in [0.15, 0.2) is 64.6 Å². The molecule has 0 amide bonds. The molecule has 0 fully saturated rings. The molecule has 0 bridgehead atoms. The molecule has 3 rings (SSSR count). The van der Waals surface area contributed by atoms with E-state index in [1.807, 2.05) is 0 Å². The second-order valence-corrected chi connectivity index (χ2v) is 7.32. The van der Waals surface area contributed by atoms with Crippen molar-refractivity contribution in [2.24, 2.45) is 10.2 Å². The van der Waals surface area contributed by atoms with Crippen molar-refractivity contribution in [2.75, 3.05) is 5.01 Å². The summed E-state index contributed by atoms with van der Waals surface area (Å²) in [4.78, 5) is -0.261. The molecule has 6 nitrogen and oxygen atoms in total. The van der Waals surface area contributed by atoms with Gasteiger partial charge in [0, 0.05) is 0 Å². The van der Waals surface area contributed by atoms with Crippen molar-refractivity contribution in [1.29, 1.82) is 0 Å². The summed E-state index contributed by atoms with van der Waals surface area (Å²) in [6.07, 6.45) is -5.76. The Hall–Kier alpha value is -2.43. The highest BCUT2D eigenvalue weighted by molar-refractivity contribution is 7.89. The van der Waals surface area contributed by atoms with Crippen LogP contribution in [0.1, 0.15) is 12.0 Å². The van der Waals surface area contributed by atoms with Crippen LogP contribution in [0.4, 0.5) is 18.9 Å². The van der Waals surface area contributed by atoms with Crippen LogP contribution in [-0.2, 0) is 10.0 Å². The van der Waals surface area contributed by atoms with E-state index in [0.29, 0.717) is 10.6 Å². The number of hydrogen-bond acceptors (Lipinski definition) is 5. The first-order valence-electron chi connectivity index (χ1n) is 7.37. The van der Waals surface area contributed by atoms with Gasteiger partial charge in [0.1, 0.15) is 0 Å². The van der Waals surface area contributed by atoms with Gasteiger partial charge in [-0.2, -0.15) is 18.3 Å². The van der Waals surface area contributed by atoms with Gasteiger partial charge in [-0.1, -0.05) is 30.3 Å². The molecule has 0 radical (unpaired) electrons. The summed E-state index contributed by atoms with van der Waals surface area (Å²) in [7, 11) is -3.99. The number of aliphatic hydroxyl groups is 1. The summed E-state index contributed by atoms with van der Waals surface area (Å²) in [5.41, 5.74) is -2.87. The quantitative estimate of drug-likeness (QED) is 0.847. The number of benzene rings is 2. The topological polar surface area (TPSA) is 96.0 Å². The van der Waals surface area contributed by atoms with Crippen LogP contribution in [0.2, 0.25) is 0 Å². The Balaban J connectivity index is 2.07. The Morgan fingerprint density at radius 2 is 1.65 bits per heavy atom.